The molecule has 0 spiro atoms. The number of anilines is 1. The number of hydrogen-bond acceptors (Lipinski definition) is 6. The molecule has 0 aromatic carbocycles. The van der Waals surface area contributed by atoms with E-state index in [1.54, 1.807) is 24.2 Å². The summed E-state index contributed by atoms with van der Waals surface area (Å²) in [6.45, 7) is 2.84. The van der Waals surface area contributed by atoms with Crippen molar-refractivity contribution in [3.8, 4) is 0 Å². The highest BCUT2D eigenvalue weighted by Gasteiger charge is 2.05. The Morgan fingerprint density at radius 3 is 2.76 bits per heavy atom. The lowest BCUT2D eigenvalue weighted by Crippen LogP contribution is -2.22. The quantitative estimate of drug-likeness (QED) is 0.746. The molecule has 0 aliphatic heterocycles. The summed E-state index contributed by atoms with van der Waals surface area (Å²) in [6.07, 6.45) is 4.72. The van der Waals surface area contributed by atoms with Gasteiger partial charge in [-0.15, -0.1) is 11.8 Å². The van der Waals surface area contributed by atoms with Crippen LogP contribution >= 0.6 is 11.8 Å². The molecule has 0 aliphatic carbocycles. The molecule has 7 heteroatoms. The Morgan fingerprint density at radius 2 is 2.24 bits per heavy atom. The summed E-state index contributed by atoms with van der Waals surface area (Å²) in [7, 11) is 0. The van der Waals surface area contributed by atoms with Gasteiger partial charge in [0.15, 0.2) is 0 Å². The molecule has 0 bridgehead atoms. The Balaban J connectivity index is 2.31. The molecule has 0 aliphatic rings. The Morgan fingerprint density at radius 1 is 1.59 bits per heavy atom. The van der Waals surface area contributed by atoms with E-state index in [0.717, 1.165) is 4.90 Å². The number of amides is 1. The molecular weight excluding hydrogens is 240 g/mol. The van der Waals surface area contributed by atoms with Crippen molar-refractivity contribution in [2.45, 2.75) is 11.8 Å². The van der Waals surface area contributed by atoms with Gasteiger partial charge in [0.25, 0.3) is 0 Å². The van der Waals surface area contributed by atoms with Crippen LogP contribution in [0.25, 0.3) is 0 Å². The van der Waals surface area contributed by atoms with Crippen LogP contribution < -0.4 is 11.1 Å². The zero-order valence-corrected chi connectivity index (χ0v) is 10.7. The van der Waals surface area contributed by atoms with Gasteiger partial charge in [0.05, 0.1) is 6.61 Å². The zero-order chi connectivity index (χ0) is 12.7. The maximum absolute atomic E-state index is 10.4. The molecule has 1 heterocycles. The third kappa shape index (κ3) is 5.39. The van der Waals surface area contributed by atoms with E-state index >= 15 is 0 Å². The maximum Gasteiger partial charge on any atom is 0.404 e. The molecule has 0 saturated carbocycles. The molecule has 0 radical (unpaired) electrons. The molecule has 3 N–H and O–H groups in total. The first kappa shape index (κ1) is 13.6. The van der Waals surface area contributed by atoms with Crippen molar-refractivity contribution in [1.29, 1.82) is 0 Å². The Hall–Kier alpha value is -1.50. The van der Waals surface area contributed by atoms with Crippen LogP contribution in [0, 0.1) is 5.92 Å². The fourth-order valence-electron chi connectivity index (χ4n) is 1.06. The second kappa shape index (κ2) is 6.95. The van der Waals surface area contributed by atoms with Crippen molar-refractivity contribution in [2.24, 2.45) is 11.7 Å². The van der Waals surface area contributed by atoms with Gasteiger partial charge >= 0.3 is 6.09 Å². The normalized spacial score (nSPS) is 11.9. The predicted octanol–water partition coefficient (Wildman–Crippen LogP) is 1.34. The number of aromatic nitrogens is 2. The fourth-order valence-corrected chi connectivity index (χ4v) is 1.38. The van der Waals surface area contributed by atoms with Crippen LogP contribution in [-0.4, -0.2) is 35.5 Å². The lowest BCUT2D eigenvalue weighted by atomic mass is 10.2. The van der Waals surface area contributed by atoms with Crippen LogP contribution in [0.3, 0.4) is 0 Å². The summed E-state index contributed by atoms with van der Waals surface area (Å²) < 4.78 is 4.68. The number of nitrogens with one attached hydrogen (secondary N) is 1. The van der Waals surface area contributed by atoms with Gasteiger partial charge in [-0.1, -0.05) is 6.92 Å². The summed E-state index contributed by atoms with van der Waals surface area (Å²) in [5.41, 5.74) is 4.87. The monoisotopic (exact) mass is 256 g/mol. The number of carbonyl (C=O) groups excluding carboxylic acids is 1. The number of nitrogens with two attached hydrogens (primary N) is 1. The predicted molar refractivity (Wildman–Crippen MR) is 67.0 cm³/mol. The Kier molecular flexibility index (Phi) is 5.55. The molecule has 0 unspecified atom stereocenters. The number of hydrogen-bond donors (Lipinski definition) is 2. The van der Waals surface area contributed by atoms with Gasteiger partial charge in [0.1, 0.15) is 0 Å². The number of nitrogens with zero attached hydrogens (tertiary/aromatic N) is 2. The van der Waals surface area contributed by atoms with Crippen molar-refractivity contribution >= 4 is 23.8 Å². The standard InChI is InChI=1S/C10H16N4O2S/c1-7(6-16-9(11)15)3-12-10-13-4-8(17-2)5-14-10/h4-5,7H,3,6H2,1-2H3,(H2,11,15)(H,12,13,14)/t7-/m1/s1. The number of carbonyl (C=O) groups is 1. The fraction of sp³-hybridized carbons (Fsp3) is 0.500. The highest BCUT2D eigenvalue weighted by molar-refractivity contribution is 7.98. The lowest BCUT2D eigenvalue weighted by Gasteiger charge is -2.11. The van der Waals surface area contributed by atoms with E-state index in [1.165, 1.54) is 0 Å². The van der Waals surface area contributed by atoms with Crippen molar-refractivity contribution in [1.82, 2.24) is 9.97 Å². The van der Waals surface area contributed by atoms with Crippen LogP contribution in [0.15, 0.2) is 17.3 Å². The Labute approximate surface area is 104 Å². The molecule has 17 heavy (non-hydrogen) atoms. The van der Waals surface area contributed by atoms with E-state index in [1.807, 2.05) is 13.2 Å². The minimum absolute atomic E-state index is 0.145. The number of primary amides is 1. The van der Waals surface area contributed by atoms with E-state index in [4.69, 9.17) is 5.73 Å². The van der Waals surface area contributed by atoms with Gasteiger partial charge in [-0.3, -0.25) is 0 Å². The first-order chi connectivity index (χ1) is 8.11. The topological polar surface area (TPSA) is 90.1 Å². The van der Waals surface area contributed by atoms with Crippen molar-refractivity contribution in [3.05, 3.63) is 12.4 Å². The van der Waals surface area contributed by atoms with Crippen molar-refractivity contribution in [2.75, 3.05) is 24.7 Å². The molecule has 1 aromatic heterocycles. The van der Waals surface area contributed by atoms with Gasteiger partial charge in [0, 0.05) is 29.8 Å². The minimum atomic E-state index is -0.752. The van der Waals surface area contributed by atoms with Crippen LogP contribution in [0.2, 0.25) is 0 Å². The molecule has 6 nitrogen and oxygen atoms in total. The summed E-state index contributed by atoms with van der Waals surface area (Å²) in [6, 6.07) is 0. The summed E-state index contributed by atoms with van der Waals surface area (Å²) in [5.74, 6) is 0.708. The van der Waals surface area contributed by atoms with Gasteiger partial charge in [-0.2, -0.15) is 0 Å². The largest absolute Gasteiger partial charge is 0.449 e. The minimum Gasteiger partial charge on any atom is -0.449 e. The first-order valence-electron chi connectivity index (χ1n) is 5.14. The number of ether oxygens (including phenoxy) is 1. The van der Waals surface area contributed by atoms with Gasteiger partial charge in [-0.05, 0) is 6.26 Å². The molecule has 1 amide bonds. The third-order valence-corrected chi connectivity index (χ3v) is 2.66. The highest BCUT2D eigenvalue weighted by Crippen LogP contribution is 2.12. The average molecular weight is 256 g/mol. The highest BCUT2D eigenvalue weighted by atomic mass is 32.2. The summed E-state index contributed by atoms with van der Waals surface area (Å²) in [5, 5.41) is 3.06. The van der Waals surface area contributed by atoms with Gasteiger partial charge in [-0.25, -0.2) is 14.8 Å². The summed E-state index contributed by atoms with van der Waals surface area (Å²) >= 11 is 1.59. The molecule has 1 atom stereocenters. The van der Waals surface area contributed by atoms with Crippen LogP contribution in [0.5, 0.6) is 0 Å². The molecule has 0 saturated heterocycles. The van der Waals surface area contributed by atoms with Crippen LogP contribution in [0.1, 0.15) is 6.92 Å². The smallest absolute Gasteiger partial charge is 0.404 e. The van der Waals surface area contributed by atoms with E-state index < -0.39 is 6.09 Å². The van der Waals surface area contributed by atoms with Gasteiger partial charge < -0.3 is 15.8 Å². The number of rotatable bonds is 6. The van der Waals surface area contributed by atoms with E-state index in [2.05, 4.69) is 20.0 Å². The zero-order valence-electron chi connectivity index (χ0n) is 9.84. The molecule has 1 rings (SSSR count). The maximum atomic E-state index is 10.4. The molecular formula is C10H16N4O2S. The third-order valence-electron chi connectivity index (χ3n) is 1.98. The second-order valence-electron chi connectivity index (χ2n) is 3.56. The van der Waals surface area contributed by atoms with E-state index in [-0.39, 0.29) is 12.5 Å². The van der Waals surface area contributed by atoms with Gasteiger partial charge in [0.2, 0.25) is 5.95 Å². The summed E-state index contributed by atoms with van der Waals surface area (Å²) in [4.78, 5) is 19.7. The number of thioether (sulfide) groups is 1. The average Bonchev–Trinajstić information content (AvgIpc) is 2.34. The second-order valence-corrected chi connectivity index (χ2v) is 4.44. The first-order valence-corrected chi connectivity index (χ1v) is 6.36. The van der Waals surface area contributed by atoms with E-state index in [0.29, 0.717) is 12.5 Å². The van der Waals surface area contributed by atoms with Crippen LogP contribution in [-0.2, 0) is 4.74 Å². The van der Waals surface area contributed by atoms with E-state index in [9.17, 15) is 4.79 Å². The molecule has 94 valence electrons. The molecule has 1 aromatic rings. The van der Waals surface area contributed by atoms with Crippen molar-refractivity contribution < 1.29 is 9.53 Å². The Bertz CT molecular complexity index is 358. The lowest BCUT2D eigenvalue weighted by molar-refractivity contribution is 0.142. The van der Waals surface area contributed by atoms with Crippen LogP contribution in [0.4, 0.5) is 10.7 Å². The molecule has 0 fully saturated rings. The SMILES string of the molecule is CSc1cnc(NC[C@@H](C)COC(N)=O)nc1. The van der Waals surface area contributed by atoms with Crippen molar-refractivity contribution in [3.63, 3.8) is 0 Å².